The highest BCUT2D eigenvalue weighted by Crippen LogP contribution is 2.40. The average Bonchev–Trinajstić information content (AvgIpc) is 3.11. The lowest BCUT2D eigenvalue weighted by atomic mass is 9.94. The Morgan fingerprint density at radius 3 is 2.60 bits per heavy atom. The number of carbonyl (C=O) groups is 2. The molecule has 2 fully saturated rings. The molecular weight excluding hydrogens is 457 g/mol. The van der Waals surface area contributed by atoms with Gasteiger partial charge in [-0.1, -0.05) is 24.3 Å². The second-order valence-corrected chi connectivity index (χ2v) is 8.62. The van der Waals surface area contributed by atoms with Crippen LogP contribution >= 0.6 is 0 Å². The zero-order chi connectivity index (χ0) is 25.1. The van der Waals surface area contributed by atoms with E-state index in [9.17, 15) is 29.2 Å². The van der Waals surface area contributed by atoms with Crippen molar-refractivity contribution in [3.05, 3.63) is 80.7 Å². The van der Waals surface area contributed by atoms with Crippen molar-refractivity contribution in [1.29, 1.82) is 0 Å². The first kappa shape index (κ1) is 24.5. The van der Waals surface area contributed by atoms with E-state index in [4.69, 9.17) is 4.74 Å². The third kappa shape index (κ3) is 5.08. The smallest absolute Gasteiger partial charge is 0.295 e. The van der Waals surface area contributed by atoms with Crippen molar-refractivity contribution in [2.24, 2.45) is 0 Å². The molecule has 35 heavy (non-hydrogen) atoms. The third-order valence-electron chi connectivity index (χ3n) is 6.36. The molecule has 0 unspecified atom stereocenters. The predicted molar refractivity (Wildman–Crippen MR) is 125 cm³/mol. The summed E-state index contributed by atoms with van der Waals surface area (Å²) >= 11 is 0. The van der Waals surface area contributed by atoms with E-state index in [-0.39, 0.29) is 23.4 Å². The summed E-state index contributed by atoms with van der Waals surface area (Å²) in [6.45, 7) is 5.25. The Morgan fingerprint density at radius 2 is 1.91 bits per heavy atom. The maximum absolute atomic E-state index is 14.2. The lowest BCUT2D eigenvalue weighted by Crippen LogP contribution is -2.39. The number of hydrogen-bond acceptors (Lipinski definition) is 7. The number of nitro benzene ring substituents is 1. The quantitative estimate of drug-likeness (QED) is 0.212. The zero-order valence-electron chi connectivity index (χ0n) is 19.3. The molecule has 9 nitrogen and oxygen atoms in total. The summed E-state index contributed by atoms with van der Waals surface area (Å²) in [5.41, 5.74) is 0.307. The van der Waals surface area contributed by atoms with Crippen LogP contribution in [-0.2, 0) is 14.3 Å². The first-order valence-electron chi connectivity index (χ1n) is 11.4. The van der Waals surface area contributed by atoms with Gasteiger partial charge in [0.05, 0.1) is 29.8 Å². The minimum absolute atomic E-state index is 0.0508. The van der Waals surface area contributed by atoms with Crippen molar-refractivity contribution in [2.45, 2.75) is 19.4 Å². The molecule has 2 saturated heterocycles. The maximum Gasteiger partial charge on any atom is 0.295 e. The van der Waals surface area contributed by atoms with Gasteiger partial charge in [0.15, 0.2) is 0 Å². The van der Waals surface area contributed by atoms with Crippen LogP contribution in [0.4, 0.5) is 10.1 Å². The van der Waals surface area contributed by atoms with Gasteiger partial charge in [-0.3, -0.25) is 24.6 Å². The fourth-order valence-corrected chi connectivity index (χ4v) is 4.45. The SMILES string of the molecule is Cc1ccc(C(O)=C2C(=O)C(=O)N(CCCN3CCOCC3)[C@@H]2c2cccc([N+](=O)[O-])c2)cc1F. The molecule has 2 aromatic rings. The van der Waals surface area contributed by atoms with E-state index in [0.29, 0.717) is 37.3 Å². The van der Waals surface area contributed by atoms with Crippen LogP contribution in [0, 0.1) is 22.9 Å². The van der Waals surface area contributed by atoms with E-state index in [0.717, 1.165) is 19.2 Å². The third-order valence-corrected chi connectivity index (χ3v) is 6.36. The molecule has 1 atom stereocenters. The van der Waals surface area contributed by atoms with Gasteiger partial charge in [0.25, 0.3) is 17.4 Å². The van der Waals surface area contributed by atoms with Crippen LogP contribution in [-0.4, -0.2) is 70.9 Å². The van der Waals surface area contributed by atoms with Gasteiger partial charge in [-0.25, -0.2) is 4.39 Å². The van der Waals surface area contributed by atoms with Crippen molar-refractivity contribution in [1.82, 2.24) is 9.80 Å². The fourth-order valence-electron chi connectivity index (χ4n) is 4.45. The molecule has 0 bridgehead atoms. The van der Waals surface area contributed by atoms with Gasteiger partial charge in [0.1, 0.15) is 11.6 Å². The highest BCUT2D eigenvalue weighted by Gasteiger charge is 2.46. The van der Waals surface area contributed by atoms with Crippen LogP contribution in [0.2, 0.25) is 0 Å². The number of rotatable bonds is 7. The molecule has 10 heteroatoms. The number of ether oxygens (including phenoxy) is 1. The van der Waals surface area contributed by atoms with Crippen LogP contribution < -0.4 is 0 Å². The number of ketones is 1. The van der Waals surface area contributed by atoms with Crippen LogP contribution in [0.25, 0.3) is 5.76 Å². The number of aliphatic hydroxyl groups is 1. The van der Waals surface area contributed by atoms with Gasteiger partial charge >= 0.3 is 0 Å². The van der Waals surface area contributed by atoms with Gasteiger partial charge in [-0.05, 0) is 30.5 Å². The number of amides is 1. The molecule has 0 aliphatic carbocycles. The van der Waals surface area contributed by atoms with E-state index in [1.54, 1.807) is 13.0 Å². The van der Waals surface area contributed by atoms with Crippen LogP contribution in [0.5, 0.6) is 0 Å². The van der Waals surface area contributed by atoms with Crippen molar-refractivity contribution >= 4 is 23.1 Å². The lowest BCUT2D eigenvalue weighted by molar-refractivity contribution is -0.384. The minimum atomic E-state index is -1.04. The van der Waals surface area contributed by atoms with E-state index in [1.807, 2.05) is 0 Å². The molecule has 4 rings (SSSR count). The molecule has 0 radical (unpaired) electrons. The van der Waals surface area contributed by atoms with E-state index < -0.39 is 34.2 Å². The second kappa shape index (κ2) is 10.3. The molecule has 0 aromatic heterocycles. The summed E-state index contributed by atoms with van der Waals surface area (Å²) < 4.78 is 19.5. The topological polar surface area (TPSA) is 113 Å². The number of non-ortho nitro benzene ring substituents is 1. The van der Waals surface area contributed by atoms with Crippen molar-refractivity contribution < 1.29 is 28.7 Å². The first-order valence-corrected chi connectivity index (χ1v) is 11.4. The summed E-state index contributed by atoms with van der Waals surface area (Å²) in [6.07, 6.45) is 0.553. The first-order chi connectivity index (χ1) is 16.8. The Hall–Kier alpha value is -3.63. The second-order valence-electron chi connectivity index (χ2n) is 8.62. The Labute approximate surface area is 201 Å². The summed E-state index contributed by atoms with van der Waals surface area (Å²) in [4.78, 5) is 40.5. The van der Waals surface area contributed by atoms with Crippen LogP contribution in [0.3, 0.4) is 0 Å². The van der Waals surface area contributed by atoms with E-state index in [2.05, 4.69) is 4.90 Å². The summed E-state index contributed by atoms with van der Waals surface area (Å²) in [5.74, 6) is -2.81. The Bertz CT molecular complexity index is 1190. The Morgan fingerprint density at radius 1 is 1.17 bits per heavy atom. The molecule has 1 amide bonds. The summed E-state index contributed by atoms with van der Waals surface area (Å²) in [6, 6.07) is 8.62. The summed E-state index contributed by atoms with van der Waals surface area (Å²) in [5, 5.41) is 22.4. The van der Waals surface area contributed by atoms with Gasteiger partial charge in [0, 0.05) is 43.9 Å². The number of Topliss-reactive ketones (excluding diaryl/α,β-unsaturated/α-hetero) is 1. The molecule has 0 spiro atoms. The molecule has 1 N–H and O–H groups in total. The normalized spacial score (nSPS) is 20.4. The summed E-state index contributed by atoms with van der Waals surface area (Å²) in [7, 11) is 0. The molecular formula is C25H26FN3O6. The fraction of sp³-hybridized carbons (Fsp3) is 0.360. The number of carbonyl (C=O) groups excluding carboxylic acids is 2. The highest BCUT2D eigenvalue weighted by molar-refractivity contribution is 6.46. The molecule has 2 heterocycles. The van der Waals surface area contributed by atoms with Crippen LogP contribution in [0.1, 0.15) is 29.2 Å². The molecule has 184 valence electrons. The van der Waals surface area contributed by atoms with Crippen LogP contribution in [0.15, 0.2) is 48.0 Å². The zero-order valence-corrected chi connectivity index (χ0v) is 19.3. The highest BCUT2D eigenvalue weighted by atomic mass is 19.1. The number of hydrogen-bond donors (Lipinski definition) is 1. The lowest BCUT2D eigenvalue weighted by Gasteiger charge is -2.29. The average molecular weight is 483 g/mol. The molecule has 0 saturated carbocycles. The number of nitrogens with zero attached hydrogens (tertiary/aromatic N) is 3. The predicted octanol–water partition coefficient (Wildman–Crippen LogP) is 3.19. The molecule has 2 aromatic carbocycles. The number of likely N-dealkylation sites (tertiary alicyclic amines) is 1. The monoisotopic (exact) mass is 483 g/mol. The van der Waals surface area contributed by atoms with Gasteiger partial charge in [-0.15, -0.1) is 0 Å². The molecule has 2 aliphatic heterocycles. The van der Waals surface area contributed by atoms with Gasteiger partial charge in [-0.2, -0.15) is 0 Å². The van der Waals surface area contributed by atoms with Crippen molar-refractivity contribution in [3.63, 3.8) is 0 Å². The number of morpholine rings is 1. The largest absolute Gasteiger partial charge is 0.507 e. The minimum Gasteiger partial charge on any atom is -0.507 e. The Balaban J connectivity index is 1.73. The molecule has 2 aliphatic rings. The number of benzene rings is 2. The van der Waals surface area contributed by atoms with Crippen molar-refractivity contribution in [2.75, 3.05) is 39.4 Å². The van der Waals surface area contributed by atoms with Gasteiger partial charge < -0.3 is 14.7 Å². The number of halogens is 1. The number of aliphatic hydroxyl groups excluding tert-OH is 1. The maximum atomic E-state index is 14.2. The van der Waals surface area contributed by atoms with E-state index >= 15 is 0 Å². The van der Waals surface area contributed by atoms with Gasteiger partial charge in [0.2, 0.25) is 0 Å². The van der Waals surface area contributed by atoms with E-state index in [1.165, 1.54) is 35.2 Å². The number of nitro groups is 1. The number of aryl methyl sites for hydroxylation is 1. The standard InChI is InChI=1S/C25H26FN3O6/c1-16-6-7-18(15-20(16)26)23(30)21-22(17-4-2-5-19(14-17)29(33)34)28(25(32)24(21)31)9-3-8-27-10-12-35-13-11-27/h2,4-7,14-15,22,30H,3,8-13H2,1H3/t22-/m1/s1. The van der Waals surface area contributed by atoms with Crippen molar-refractivity contribution in [3.8, 4) is 0 Å². The Kier molecular flexibility index (Phi) is 7.23.